The van der Waals surface area contributed by atoms with Crippen molar-refractivity contribution in [3.8, 4) is 17.2 Å². The number of hydrogen-bond acceptors (Lipinski definition) is 7. The Morgan fingerprint density at radius 1 is 1.26 bits per heavy atom. The van der Waals surface area contributed by atoms with Gasteiger partial charge in [-0.2, -0.15) is 10.3 Å². The smallest absolute Gasteiger partial charge is 0.295 e. The average Bonchev–Trinajstić information content (AvgIpc) is 3.68. The van der Waals surface area contributed by atoms with Crippen LogP contribution in [0.25, 0.3) is 17.2 Å². The summed E-state index contributed by atoms with van der Waals surface area (Å²) in [5.74, 6) is 0.881. The number of unbranched alkanes of at least 4 members (excludes halogenated alkanes) is 1. The Bertz CT molecular complexity index is 1590. The van der Waals surface area contributed by atoms with Gasteiger partial charge in [-0.25, -0.2) is 9.48 Å². The topological polar surface area (TPSA) is 129 Å². The van der Waals surface area contributed by atoms with Gasteiger partial charge in [-0.1, -0.05) is 37.6 Å². The molecule has 39 heavy (non-hydrogen) atoms. The number of aryl methyl sites for hydroxylation is 1. The molecule has 0 radical (unpaired) electrons. The summed E-state index contributed by atoms with van der Waals surface area (Å²) in [5.41, 5.74) is 2.47. The molecule has 11 nitrogen and oxygen atoms in total. The second-order valence-electron chi connectivity index (χ2n) is 10.3. The molecule has 0 aliphatic carbocycles. The molecule has 0 fully saturated rings. The molecule has 0 saturated heterocycles. The SMILES string of the molecule is CCCCc1cn(-c2c(C(C)=O)cnn2C(C)C)c(=O)n1CC1(c2cccc(-c3nn[nH]n3)c2)C=CN=CC1. The van der Waals surface area contributed by atoms with Crippen LogP contribution in [0.1, 0.15) is 74.6 Å². The molecule has 1 aliphatic rings. The third kappa shape index (κ3) is 4.91. The van der Waals surface area contributed by atoms with Crippen molar-refractivity contribution in [2.24, 2.45) is 4.99 Å². The summed E-state index contributed by atoms with van der Waals surface area (Å²) in [4.78, 5) is 31.0. The molecule has 0 spiro atoms. The van der Waals surface area contributed by atoms with Crippen LogP contribution in [0.4, 0.5) is 0 Å². The second-order valence-corrected chi connectivity index (χ2v) is 10.3. The number of aromatic nitrogens is 8. The Hall–Kier alpha value is -4.41. The second kappa shape index (κ2) is 10.8. The number of nitrogens with one attached hydrogen (secondary N) is 1. The normalized spacial score (nSPS) is 16.8. The minimum atomic E-state index is -0.528. The number of carbonyl (C=O) groups excluding carboxylic acids is 1. The first-order valence-electron chi connectivity index (χ1n) is 13.3. The quantitative estimate of drug-likeness (QED) is 0.310. The molecule has 1 aliphatic heterocycles. The number of tetrazole rings is 1. The zero-order valence-corrected chi connectivity index (χ0v) is 22.7. The zero-order valence-electron chi connectivity index (χ0n) is 22.7. The van der Waals surface area contributed by atoms with Gasteiger partial charge < -0.3 is 0 Å². The van der Waals surface area contributed by atoms with Crippen LogP contribution in [0.15, 0.2) is 58.7 Å². The lowest BCUT2D eigenvalue weighted by atomic mass is 9.76. The standard InChI is InChI=1S/C28H33N9O2/c1-5-6-10-23-17-35(26-24(20(4)38)16-30-37(26)19(2)3)27(39)36(23)18-28(11-13-29-14-12-28)22-9-7-8-21(15-22)25-31-33-34-32-25/h7-9,11,13-17,19H,5-6,10,12,18H2,1-4H3,(H,31,32,33,34). The number of aromatic amines is 1. The number of Topliss-reactive ketones (excluding diaryl/α,β-unsaturated/α-hetero) is 1. The van der Waals surface area contributed by atoms with E-state index in [2.05, 4.69) is 49.8 Å². The van der Waals surface area contributed by atoms with E-state index in [4.69, 9.17) is 0 Å². The molecule has 202 valence electrons. The van der Waals surface area contributed by atoms with Crippen molar-refractivity contribution in [3.63, 3.8) is 0 Å². The van der Waals surface area contributed by atoms with E-state index in [-0.39, 0.29) is 17.5 Å². The summed E-state index contributed by atoms with van der Waals surface area (Å²) in [7, 11) is 0. The van der Waals surface area contributed by atoms with Crippen molar-refractivity contribution in [3.05, 3.63) is 76.2 Å². The van der Waals surface area contributed by atoms with Gasteiger partial charge in [-0.15, -0.1) is 10.2 Å². The lowest BCUT2D eigenvalue weighted by molar-refractivity contribution is 0.101. The lowest BCUT2D eigenvalue weighted by Gasteiger charge is -2.32. The summed E-state index contributed by atoms with van der Waals surface area (Å²) in [6.45, 7) is 8.01. The van der Waals surface area contributed by atoms with Crippen molar-refractivity contribution >= 4 is 12.0 Å². The lowest BCUT2D eigenvalue weighted by Crippen LogP contribution is -2.37. The van der Waals surface area contributed by atoms with E-state index in [9.17, 15) is 9.59 Å². The maximum atomic E-state index is 14.2. The predicted octanol–water partition coefficient (Wildman–Crippen LogP) is 4.07. The van der Waals surface area contributed by atoms with Gasteiger partial charge in [-0.05, 0) is 56.9 Å². The number of hydrogen-bond donors (Lipinski definition) is 1. The monoisotopic (exact) mass is 527 g/mol. The Labute approximate surface area is 226 Å². The number of allylic oxidation sites excluding steroid dienone is 1. The van der Waals surface area contributed by atoms with E-state index in [0.717, 1.165) is 36.1 Å². The highest BCUT2D eigenvalue weighted by Gasteiger charge is 2.34. The van der Waals surface area contributed by atoms with Crippen molar-refractivity contribution in [1.29, 1.82) is 0 Å². The van der Waals surface area contributed by atoms with Crippen LogP contribution < -0.4 is 5.69 Å². The Kier molecular flexibility index (Phi) is 7.23. The Morgan fingerprint density at radius 3 is 2.77 bits per heavy atom. The van der Waals surface area contributed by atoms with E-state index in [1.165, 1.54) is 6.92 Å². The van der Waals surface area contributed by atoms with E-state index in [0.29, 0.717) is 30.2 Å². The summed E-state index contributed by atoms with van der Waals surface area (Å²) in [5, 5.41) is 18.9. The van der Waals surface area contributed by atoms with Gasteiger partial charge in [0.05, 0.1) is 11.8 Å². The first-order valence-corrected chi connectivity index (χ1v) is 13.3. The summed E-state index contributed by atoms with van der Waals surface area (Å²) >= 11 is 0. The van der Waals surface area contributed by atoms with Crippen LogP contribution in [0, 0.1) is 0 Å². The number of rotatable bonds is 10. The van der Waals surface area contributed by atoms with Crippen LogP contribution in [-0.4, -0.2) is 51.5 Å². The number of nitrogens with zero attached hydrogens (tertiary/aromatic N) is 8. The molecule has 4 aromatic rings. The van der Waals surface area contributed by atoms with Gasteiger partial charge in [0.15, 0.2) is 5.78 Å². The highest BCUT2D eigenvalue weighted by molar-refractivity contribution is 5.97. The molecular weight excluding hydrogens is 494 g/mol. The van der Waals surface area contributed by atoms with Crippen LogP contribution >= 0.6 is 0 Å². The van der Waals surface area contributed by atoms with Crippen molar-refractivity contribution in [2.75, 3.05) is 0 Å². The molecule has 4 heterocycles. The molecule has 1 N–H and O–H groups in total. The van der Waals surface area contributed by atoms with E-state index >= 15 is 0 Å². The van der Waals surface area contributed by atoms with Gasteiger partial charge in [0.25, 0.3) is 0 Å². The highest BCUT2D eigenvalue weighted by atomic mass is 16.2. The van der Waals surface area contributed by atoms with Gasteiger partial charge in [0.2, 0.25) is 5.82 Å². The number of benzene rings is 1. The van der Waals surface area contributed by atoms with Crippen LogP contribution in [0.3, 0.4) is 0 Å². The van der Waals surface area contributed by atoms with Gasteiger partial charge in [0, 0.05) is 47.9 Å². The Morgan fingerprint density at radius 2 is 2.10 bits per heavy atom. The minimum absolute atomic E-state index is 0.0286. The number of ketones is 1. The van der Waals surface area contributed by atoms with Crippen LogP contribution in [-0.2, 0) is 18.4 Å². The van der Waals surface area contributed by atoms with Gasteiger partial charge >= 0.3 is 5.69 Å². The fraction of sp³-hybridized carbons (Fsp3) is 0.393. The summed E-state index contributed by atoms with van der Waals surface area (Å²) in [6.07, 6.45) is 12.5. The molecule has 0 amide bonds. The molecule has 0 bridgehead atoms. The third-order valence-electron chi connectivity index (χ3n) is 7.24. The van der Waals surface area contributed by atoms with Crippen LogP contribution in [0.5, 0.6) is 0 Å². The van der Waals surface area contributed by atoms with E-state index in [1.54, 1.807) is 21.6 Å². The predicted molar refractivity (Wildman–Crippen MR) is 148 cm³/mol. The van der Waals surface area contributed by atoms with Gasteiger partial charge in [0.1, 0.15) is 5.82 Å². The maximum Gasteiger partial charge on any atom is 0.334 e. The zero-order chi connectivity index (χ0) is 27.6. The molecule has 1 aromatic carbocycles. The molecule has 1 atom stereocenters. The highest BCUT2D eigenvalue weighted by Crippen LogP contribution is 2.35. The van der Waals surface area contributed by atoms with Crippen molar-refractivity contribution in [1.82, 2.24) is 39.5 Å². The molecule has 0 saturated carbocycles. The van der Waals surface area contributed by atoms with Crippen LogP contribution in [0.2, 0.25) is 0 Å². The number of H-pyrrole nitrogens is 1. The van der Waals surface area contributed by atoms with E-state index in [1.807, 2.05) is 49.0 Å². The summed E-state index contributed by atoms with van der Waals surface area (Å²) in [6, 6.07) is 7.98. The maximum absolute atomic E-state index is 14.2. The third-order valence-corrected chi connectivity index (χ3v) is 7.24. The first kappa shape index (κ1) is 26.2. The van der Waals surface area contributed by atoms with Crippen molar-refractivity contribution in [2.45, 2.75) is 71.4 Å². The first-order chi connectivity index (χ1) is 18.8. The molecule has 3 aromatic heterocycles. The summed E-state index contributed by atoms with van der Waals surface area (Å²) < 4.78 is 5.18. The molecule has 11 heteroatoms. The van der Waals surface area contributed by atoms with Gasteiger partial charge in [-0.3, -0.25) is 18.9 Å². The Balaban J connectivity index is 1.66. The largest absolute Gasteiger partial charge is 0.334 e. The molecular formula is C28H33N9O2. The fourth-order valence-corrected chi connectivity index (χ4v) is 5.11. The average molecular weight is 528 g/mol. The van der Waals surface area contributed by atoms with E-state index < -0.39 is 5.41 Å². The fourth-order valence-electron chi connectivity index (χ4n) is 5.11. The van der Waals surface area contributed by atoms with Crippen molar-refractivity contribution < 1.29 is 4.79 Å². The molecule has 5 rings (SSSR count). The minimum Gasteiger partial charge on any atom is -0.295 e. The molecule has 1 unspecified atom stereocenters. The number of imidazole rings is 1. The number of aliphatic imine (C=N–C) groups is 1. The number of carbonyl (C=O) groups is 1.